The van der Waals surface area contributed by atoms with Crippen molar-refractivity contribution in [1.29, 1.82) is 0 Å². The molecule has 29 heavy (non-hydrogen) atoms. The molecule has 3 aromatic rings. The van der Waals surface area contributed by atoms with E-state index in [0.29, 0.717) is 5.02 Å². The summed E-state index contributed by atoms with van der Waals surface area (Å²) in [6.07, 6.45) is 3.19. The van der Waals surface area contributed by atoms with Gasteiger partial charge in [-0.2, -0.15) is 0 Å². The Balaban J connectivity index is 1.52. The van der Waals surface area contributed by atoms with Gasteiger partial charge in [-0.15, -0.1) is 0 Å². The maximum Gasteiger partial charge on any atom is 0.248 e. The van der Waals surface area contributed by atoms with Gasteiger partial charge < -0.3 is 15.0 Å². The molecule has 0 bridgehead atoms. The molecule has 6 heteroatoms. The number of morpholine rings is 1. The molecule has 0 saturated carbocycles. The number of halogens is 1. The fourth-order valence-corrected chi connectivity index (χ4v) is 3.57. The molecule has 0 spiro atoms. The summed E-state index contributed by atoms with van der Waals surface area (Å²) in [4.78, 5) is 19.3. The summed E-state index contributed by atoms with van der Waals surface area (Å²) in [5, 5.41) is 4.54. The van der Waals surface area contributed by atoms with Gasteiger partial charge in [0.15, 0.2) is 0 Å². The van der Waals surface area contributed by atoms with Gasteiger partial charge in [0, 0.05) is 35.3 Å². The number of carbonyl (C=O) groups excluding carboxylic acids is 1. The van der Waals surface area contributed by atoms with Crippen molar-refractivity contribution in [1.82, 2.24) is 4.98 Å². The lowest BCUT2D eigenvalue weighted by Crippen LogP contribution is -2.36. The summed E-state index contributed by atoms with van der Waals surface area (Å²) in [5.41, 5.74) is 3.57. The molecule has 1 N–H and O–H groups in total. The number of carbonyl (C=O) groups is 1. The zero-order chi connectivity index (χ0) is 20.2. The van der Waals surface area contributed by atoms with E-state index in [1.54, 1.807) is 12.1 Å². The van der Waals surface area contributed by atoms with Crippen LogP contribution in [0.3, 0.4) is 0 Å². The van der Waals surface area contributed by atoms with E-state index in [2.05, 4.69) is 23.2 Å². The van der Waals surface area contributed by atoms with E-state index in [1.165, 1.54) is 6.08 Å². The molecule has 1 saturated heterocycles. The topological polar surface area (TPSA) is 54.5 Å². The maximum atomic E-state index is 12.3. The summed E-state index contributed by atoms with van der Waals surface area (Å²) in [7, 11) is 0. The fraction of sp³-hybridized carbons (Fsp3) is 0.217. The second-order valence-corrected chi connectivity index (χ2v) is 7.38. The van der Waals surface area contributed by atoms with Crippen LogP contribution in [0.4, 0.5) is 11.5 Å². The average molecular weight is 408 g/mol. The molecule has 1 aliphatic heterocycles. The first-order chi connectivity index (χ1) is 14.1. The van der Waals surface area contributed by atoms with E-state index in [-0.39, 0.29) is 5.91 Å². The quantitative estimate of drug-likeness (QED) is 0.638. The minimum atomic E-state index is -0.209. The first kappa shape index (κ1) is 19.4. The number of nitrogens with one attached hydrogen (secondary N) is 1. The molecular formula is C23H22ClN3O2. The van der Waals surface area contributed by atoms with Crippen LogP contribution >= 0.6 is 11.6 Å². The van der Waals surface area contributed by atoms with Crippen LogP contribution in [-0.4, -0.2) is 37.2 Å². The Morgan fingerprint density at radius 3 is 2.76 bits per heavy atom. The number of pyridine rings is 1. The number of benzene rings is 2. The van der Waals surface area contributed by atoms with E-state index in [4.69, 9.17) is 21.3 Å². The Morgan fingerprint density at radius 1 is 1.17 bits per heavy atom. The minimum absolute atomic E-state index is 0.209. The number of rotatable bonds is 4. The van der Waals surface area contributed by atoms with Gasteiger partial charge in [-0.25, -0.2) is 4.98 Å². The normalized spacial score (nSPS) is 14.5. The monoisotopic (exact) mass is 407 g/mol. The highest BCUT2D eigenvalue weighted by Gasteiger charge is 2.14. The Morgan fingerprint density at radius 2 is 1.97 bits per heavy atom. The van der Waals surface area contributed by atoms with Crippen molar-refractivity contribution < 1.29 is 9.53 Å². The average Bonchev–Trinajstić information content (AvgIpc) is 2.74. The van der Waals surface area contributed by atoms with E-state index in [1.807, 2.05) is 36.4 Å². The predicted octanol–water partition coefficient (Wildman–Crippen LogP) is 4.69. The minimum Gasteiger partial charge on any atom is -0.378 e. The Labute approximate surface area is 175 Å². The van der Waals surface area contributed by atoms with Gasteiger partial charge in [0.25, 0.3) is 0 Å². The fourth-order valence-electron chi connectivity index (χ4n) is 3.37. The number of ether oxygens (including phenoxy) is 1. The smallest absolute Gasteiger partial charge is 0.248 e. The molecular weight excluding hydrogens is 386 g/mol. The third-order valence-corrected chi connectivity index (χ3v) is 5.27. The Bertz CT molecular complexity index is 1070. The second-order valence-electron chi connectivity index (χ2n) is 6.97. The summed E-state index contributed by atoms with van der Waals surface area (Å²) in [6.45, 7) is 5.22. The maximum absolute atomic E-state index is 12.3. The van der Waals surface area contributed by atoms with Gasteiger partial charge in [0.2, 0.25) is 5.91 Å². The number of aryl methyl sites for hydroxylation is 1. The summed E-state index contributed by atoms with van der Waals surface area (Å²) >= 11 is 6.12. The van der Waals surface area contributed by atoms with Gasteiger partial charge in [0.05, 0.1) is 18.7 Å². The van der Waals surface area contributed by atoms with E-state index < -0.39 is 0 Å². The number of hydrogen-bond donors (Lipinski definition) is 1. The van der Waals surface area contributed by atoms with Gasteiger partial charge >= 0.3 is 0 Å². The molecule has 4 rings (SSSR count). The summed E-state index contributed by atoms with van der Waals surface area (Å²) < 4.78 is 5.42. The molecule has 0 aliphatic carbocycles. The highest BCUT2D eigenvalue weighted by atomic mass is 35.5. The molecule has 1 aliphatic rings. The largest absolute Gasteiger partial charge is 0.378 e. The number of anilines is 2. The first-order valence-electron chi connectivity index (χ1n) is 9.58. The second kappa shape index (κ2) is 8.64. The molecule has 2 aromatic carbocycles. The lowest BCUT2D eigenvalue weighted by atomic mass is 10.1. The van der Waals surface area contributed by atoms with Gasteiger partial charge in [0.1, 0.15) is 5.82 Å². The number of hydrogen-bond acceptors (Lipinski definition) is 4. The number of amides is 1. The highest BCUT2D eigenvalue weighted by molar-refractivity contribution is 6.32. The van der Waals surface area contributed by atoms with Crippen molar-refractivity contribution in [2.45, 2.75) is 6.92 Å². The molecule has 0 radical (unpaired) electrons. The summed E-state index contributed by atoms with van der Waals surface area (Å²) in [5.74, 6) is 0.762. The lowest BCUT2D eigenvalue weighted by Gasteiger charge is -2.28. The molecule has 0 unspecified atom stereocenters. The van der Waals surface area contributed by atoms with Crippen molar-refractivity contribution >= 4 is 46.0 Å². The third kappa shape index (κ3) is 4.58. The van der Waals surface area contributed by atoms with Gasteiger partial charge in [-0.1, -0.05) is 29.8 Å². The molecule has 148 valence electrons. The standard InChI is InChI=1S/C23H22ClN3O2/c1-16-14-22(27-10-12-29-13-11-27)26-21-8-7-18(15-19(16)21)25-23(28)9-6-17-4-2-3-5-20(17)24/h2-9,14-15H,10-13H2,1H3,(H,25,28). The zero-order valence-electron chi connectivity index (χ0n) is 16.2. The van der Waals surface area contributed by atoms with Crippen LogP contribution in [0.2, 0.25) is 5.02 Å². The first-order valence-corrected chi connectivity index (χ1v) is 9.96. The molecule has 1 aromatic heterocycles. The number of aromatic nitrogens is 1. The van der Waals surface area contributed by atoms with Crippen LogP contribution in [0, 0.1) is 6.92 Å². The lowest BCUT2D eigenvalue weighted by molar-refractivity contribution is -0.111. The zero-order valence-corrected chi connectivity index (χ0v) is 16.9. The van der Waals surface area contributed by atoms with E-state index in [0.717, 1.165) is 59.8 Å². The van der Waals surface area contributed by atoms with E-state index in [9.17, 15) is 4.79 Å². The molecule has 5 nitrogen and oxygen atoms in total. The number of nitrogens with zero attached hydrogens (tertiary/aromatic N) is 2. The van der Waals surface area contributed by atoms with Gasteiger partial charge in [-0.05, 0) is 54.5 Å². The van der Waals surface area contributed by atoms with Crippen molar-refractivity contribution in [3.05, 3.63) is 70.8 Å². The Hall–Kier alpha value is -2.89. The third-order valence-electron chi connectivity index (χ3n) is 4.92. The predicted molar refractivity (Wildman–Crippen MR) is 119 cm³/mol. The van der Waals surface area contributed by atoms with Gasteiger partial charge in [-0.3, -0.25) is 4.79 Å². The molecule has 1 amide bonds. The highest BCUT2D eigenvalue weighted by Crippen LogP contribution is 2.26. The van der Waals surface area contributed by atoms with Crippen LogP contribution < -0.4 is 10.2 Å². The van der Waals surface area contributed by atoms with Crippen LogP contribution in [-0.2, 0) is 9.53 Å². The molecule has 2 heterocycles. The van der Waals surface area contributed by atoms with Crippen molar-refractivity contribution in [2.75, 3.05) is 36.5 Å². The molecule has 1 fully saturated rings. The van der Waals surface area contributed by atoms with Crippen LogP contribution in [0.15, 0.2) is 54.6 Å². The van der Waals surface area contributed by atoms with Crippen molar-refractivity contribution in [2.24, 2.45) is 0 Å². The van der Waals surface area contributed by atoms with Crippen molar-refractivity contribution in [3.63, 3.8) is 0 Å². The number of fused-ring (bicyclic) bond motifs is 1. The Kier molecular flexibility index (Phi) is 5.79. The SMILES string of the molecule is Cc1cc(N2CCOCC2)nc2ccc(NC(=O)C=Cc3ccccc3Cl)cc12. The van der Waals surface area contributed by atoms with Crippen molar-refractivity contribution in [3.8, 4) is 0 Å². The molecule has 0 atom stereocenters. The van der Waals surface area contributed by atoms with Crippen LogP contribution in [0.1, 0.15) is 11.1 Å². The van der Waals surface area contributed by atoms with E-state index >= 15 is 0 Å². The summed E-state index contributed by atoms with van der Waals surface area (Å²) in [6, 6.07) is 15.3. The van der Waals surface area contributed by atoms with Crippen LogP contribution in [0.5, 0.6) is 0 Å². The van der Waals surface area contributed by atoms with Crippen LogP contribution in [0.25, 0.3) is 17.0 Å².